The van der Waals surface area contributed by atoms with E-state index in [4.69, 9.17) is 9.15 Å². The minimum atomic E-state index is -0.323. The number of rotatable bonds is 4. The third-order valence-electron chi connectivity index (χ3n) is 4.94. The molecule has 0 spiro atoms. The first-order valence-electron chi connectivity index (χ1n) is 9.57. The molecular weight excluding hydrogens is 368 g/mol. The lowest BCUT2D eigenvalue weighted by Crippen LogP contribution is -2.40. The van der Waals surface area contributed by atoms with Gasteiger partial charge in [0.2, 0.25) is 11.7 Å². The zero-order chi connectivity index (χ0) is 20.2. The molecule has 6 heteroatoms. The molecule has 0 atom stereocenters. The van der Waals surface area contributed by atoms with Crippen molar-refractivity contribution in [3.8, 4) is 0 Å². The van der Waals surface area contributed by atoms with Gasteiger partial charge in [-0.1, -0.05) is 36.4 Å². The molecule has 2 aromatic carbocycles. The third kappa shape index (κ3) is 4.07. The van der Waals surface area contributed by atoms with Crippen molar-refractivity contribution in [1.82, 2.24) is 4.90 Å². The van der Waals surface area contributed by atoms with Gasteiger partial charge in [-0.05, 0) is 36.3 Å². The Morgan fingerprint density at radius 1 is 1.03 bits per heavy atom. The molecule has 1 saturated heterocycles. The zero-order valence-electron chi connectivity index (χ0n) is 16.2. The summed E-state index contributed by atoms with van der Waals surface area (Å²) in [6.07, 6.45) is 3.23. The number of aryl methyl sites for hydroxylation is 1. The van der Waals surface area contributed by atoms with Crippen LogP contribution in [-0.2, 0) is 9.53 Å². The molecule has 1 aromatic heterocycles. The monoisotopic (exact) mass is 390 g/mol. The van der Waals surface area contributed by atoms with Gasteiger partial charge in [-0.15, -0.1) is 0 Å². The van der Waals surface area contributed by atoms with Crippen molar-refractivity contribution in [2.45, 2.75) is 6.92 Å². The van der Waals surface area contributed by atoms with Crippen molar-refractivity contribution < 1.29 is 18.7 Å². The van der Waals surface area contributed by atoms with E-state index in [1.807, 2.05) is 49.4 Å². The van der Waals surface area contributed by atoms with Crippen LogP contribution in [0.25, 0.3) is 17.0 Å². The van der Waals surface area contributed by atoms with E-state index in [9.17, 15) is 9.59 Å². The fourth-order valence-corrected chi connectivity index (χ4v) is 3.33. The molecule has 0 saturated carbocycles. The lowest BCUT2D eigenvalue weighted by molar-refractivity contribution is -0.111. The van der Waals surface area contributed by atoms with Gasteiger partial charge in [-0.3, -0.25) is 9.59 Å². The Morgan fingerprint density at radius 3 is 2.55 bits per heavy atom. The molecule has 0 unspecified atom stereocenters. The van der Waals surface area contributed by atoms with Crippen molar-refractivity contribution in [1.29, 1.82) is 0 Å². The van der Waals surface area contributed by atoms with Crippen molar-refractivity contribution in [3.63, 3.8) is 0 Å². The molecule has 1 fully saturated rings. The van der Waals surface area contributed by atoms with Crippen LogP contribution in [0.4, 0.5) is 5.69 Å². The van der Waals surface area contributed by atoms with E-state index >= 15 is 0 Å². The number of anilines is 1. The molecule has 0 bridgehead atoms. The van der Waals surface area contributed by atoms with Gasteiger partial charge in [0.05, 0.1) is 13.2 Å². The average molecular weight is 390 g/mol. The summed E-state index contributed by atoms with van der Waals surface area (Å²) < 4.78 is 11.1. The fourth-order valence-electron chi connectivity index (χ4n) is 3.33. The molecule has 148 valence electrons. The summed E-state index contributed by atoms with van der Waals surface area (Å²) in [5.74, 6) is -0.427. The number of ether oxygens (including phenoxy) is 1. The van der Waals surface area contributed by atoms with E-state index in [1.165, 1.54) is 6.08 Å². The summed E-state index contributed by atoms with van der Waals surface area (Å²) in [5.41, 5.74) is 3.00. The second kappa shape index (κ2) is 8.32. The van der Waals surface area contributed by atoms with E-state index in [2.05, 4.69) is 5.32 Å². The van der Waals surface area contributed by atoms with Crippen LogP contribution in [0.15, 0.2) is 59.0 Å². The minimum Gasteiger partial charge on any atom is -0.449 e. The largest absolute Gasteiger partial charge is 0.449 e. The normalized spacial score (nSPS) is 14.4. The topological polar surface area (TPSA) is 71.8 Å². The van der Waals surface area contributed by atoms with Crippen molar-refractivity contribution in [2.24, 2.45) is 0 Å². The summed E-state index contributed by atoms with van der Waals surface area (Å²) in [6.45, 7) is 3.97. The molecule has 6 nitrogen and oxygen atoms in total. The Morgan fingerprint density at radius 2 is 1.76 bits per heavy atom. The van der Waals surface area contributed by atoms with Crippen LogP contribution in [0.5, 0.6) is 0 Å². The minimum absolute atomic E-state index is 0.144. The molecule has 29 heavy (non-hydrogen) atoms. The van der Waals surface area contributed by atoms with E-state index in [0.717, 1.165) is 11.1 Å². The van der Waals surface area contributed by atoms with Gasteiger partial charge in [-0.2, -0.15) is 0 Å². The Bertz CT molecular complexity index is 1080. The van der Waals surface area contributed by atoms with Gasteiger partial charge in [0.25, 0.3) is 5.91 Å². The Kier molecular flexibility index (Phi) is 5.44. The predicted octanol–water partition coefficient (Wildman–Crippen LogP) is 3.87. The molecule has 0 aliphatic carbocycles. The highest BCUT2D eigenvalue weighted by molar-refractivity contribution is 6.13. The van der Waals surface area contributed by atoms with Crippen LogP contribution in [0, 0.1) is 6.92 Å². The lowest BCUT2D eigenvalue weighted by atomic mass is 10.1. The SMILES string of the molecule is Cc1ccccc1/C=C/C(=O)Nc1c(C(=O)N2CCOCC2)oc2ccccc12. The summed E-state index contributed by atoms with van der Waals surface area (Å²) >= 11 is 0. The van der Waals surface area contributed by atoms with E-state index in [1.54, 1.807) is 17.0 Å². The van der Waals surface area contributed by atoms with Crippen LogP contribution >= 0.6 is 0 Å². The second-order valence-electron chi connectivity index (χ2n) is 6.89. The Labute approximate surface area is 168 Å². The summed E-state index contributed by atoms with van der Waals surface area (Å²) in [4.78, 5) is 27.3. The first-order chi connectivity index (χ1) is 14.1. The van der Waals surface area contributed by atoms with Gasteiger partial charge < -0.3 is 19.4 Å². The molecular formula is C23H22N2O4. The number of fused-ring (bicyclic) bond motifs is 1. The second-order valence-corrected chi connectivity index (χ2v) is 6.89. The first-order valence-corrected chi connectivity index (χ1v) is 9.57. The van der Waals surface area contributed by atoms with Crippen molar-refractivity contribution in [2.75, 3.05) is 31.6 Å². The number of furan rings is 1. The van der Waals surface area contributed by atoms with Crippen LogP contribution in [0.1, 0.15) is 21.7 Å². The molecule has 3 aromatic rings. The number of benzene rings is 2. The number of para-hydroxylation sites is 1. The first kappa shape index (κ1) is 19.0. The van der Waals surface area contributed by atoms with Crippen LogP contribution in [0.2, 0.25) is 0 Å². The lowest BCUT2D eigenvalue weighted by Gasteiger charge is -2.26. The van der Waals surface area contributed by atoms with Gasteiger partial charge in [-0.25, -0.2) is 0 Å². The van der Waals surface area contributed by atoms with Gasteiger partial charge in [0.15, 0.2) is 0 Å². The fraction of sp³-hybridized carbons (Fsp3) is 0.217. The van der Waals surface area contributed by atoms with E-state index in [0.29, 0.717) is 43.0 Å². The van der Waals surface area contributed by atoms with Crippen LogP contribution in [-0.4, -0.2) is 43.0 Å². The number of hydrogen-bond donors (Lipinski definition) is 1. The molecule has 2 amide bonds. The molecule has 1 aliphatic rings. The van der Waals surface area contributed by atoms with Crippen molar-refractivity contribution >= 4 is 34.5 Å². The molecule has 2 heterocycles. The molecule has 0 radical (unpaired) electrons. The highest BCUT2D eigenvalue weighted by atomic mass is 16.5. The van der Waals surface area contributed by atoms with E-state index < -0.39 is 0 Å². The maximum atomic E-state index is 13.0. The third-order valence-corrected chi connectivity index (χ3v) is 4.94. The number of nitrogens with zero attached hydrogens (tertiary/aromatic N) is 1. The van der Waals surface area contributed by atoms with Gasteiger partial charge in [0.1, 0.15) is 11.3 Å². The van der Waals surface area contributed by atoms with Crippen LogP contribution < -0.4 is 5.32 Å². The maximum Gasteiger partial charge on any atom is 0.291 e. The highest BCUT2D eigenvalue weighted by Gasteiger charge is 2.27. The number of nitrogens with one attached hydrogen (secondary N) is 1. The summed E-state index contributed by atoms with van der Waals surface area (Å²) in [7, 11) is 0. The van der Waals surface area contributed by atoms with Gasteiger partial charge in [0, 0.05) is 24.6 Å². The smallest absolute Gasteiger partial charge is 0.291 e. The highest BCUT2D eigenvalue weighted by Crippen LogP contribution is 2.32. The number of carbonyl (C=O) groups excluding carboxylic acids is 2. The van der Waals surface area contributed by atoms with Crippen molar-refractivity contribution in [3.05, 3.63) is 71.5 Å². The van der Waals surface area contributed by atoms with Crippen LogP contribution in [0.3, 0.4) is 0 Å². The summed E-state index contributed by atoms with van der Waals surface area (Å²) in [6, 6.07) is 15.1. The average Bonchev–Trinajstić information content (AvgIpc) is 3.11. The quantitative estimate of drug-likeness (QED) is 0.687. The number of carbonyl (C=O) groups is 2. The Balaban J connectivity index is 1.62. The maximum absolute atomic E-state index is 13.0. The molecule has 1 aliphatic heterocycles. The molecule has 4 rings (SSSR count). The Hall–Kier alpha value is -3.38. The van der Waals surface area contributed by atoms with Gasteiger partial charge >= 0.3 is 0 Å². The van der Waals surface area contributed by atoms with E-state index in [-0.39, 0.29) is 17.6 Å². The molecule has 1 N–H and O–H groups in total. The number of morpholine rings is 1. The predicted molar refractivity (Wildman–Crippen MR) is 112 cm³/mol. The number of hydrogen-bond acceptors (Lipinski definition) is 4. The summed E-state index contributed by atoms with van der Waals surface area (Å²) in [5, 5.41) is 3.54. The zero-order valence-corrected chi connectivity index (χ0v) is 16.2. The standard InChI is InChI=1S/C23H22N2O4/c1-16-6-2-3-7-17(16)10-11-20(26)24-21-18-8-4-5-9-19(18)29-22(21)23(27)25-12-14-28-15-13-25/h2-11H,12-15H2,1H3,(H,24,26)/b11-10+. The number of amides is 2.